The van der Waals surface area contributed by atoms with Crippen LogP contribution >= 0.6 is 15.9 Å². The zero-order chi connectivity index (χ0) is 14.0. The largest absolute Gasteiger partial charge is 0.398 e. The topological polar surface area (TPSA) is 72.9 Å². The highest BCUT2D eigenvalue weighted by atomic mass is 79.9. The summed E-state index contributed by atoms with van der Waals surface area (Å²) in [6, 6.07) is 5.33. The molecule has 0 radical (unpaired) electrons. The van der Waals surface area contributed by atoms with Crippen molar-refractivity contribution in [3.63, 3.8) is 0 Å². The number of hydrogen-bond acceptors (Lipinski definition) is 3. The molecule has 0 bridgehead atoms. The van der Waals surface area contributed by atoms with Gasteiger partial charge in [-0.3, -0.25) is 9.48 Å². The number of nitrogens with one attached hydrogen (secondary N) is 1. The Balaban J connectivity index is 2.13. The second-order valence-electron chi connectivity index (χ2n) is 4.49. The van der Waals surface area contributed by atoms with Crippen molar-refractivity contribution in [1.82, 2.24) is 9.78 Å². The molecule has 0 fully saturated rings. The molecule has 2 rings (SSSR count). The van der Waals surface area contributed by atoms with Crippen LogP contribution in [0.3, 0.4) is 0 Å². The van der Waals surface area contributed by atoms with E-state index in [-0.39, 0.29) is 11.9 Å². The lowest BCUT2D eigenvalue weighted by atomic mass is 10.2. The van der Waals surface area contributed by atoms with Crippen LogP contribution in [-0.2, 0) is 0 Å². The van der Waals surface area contributed by atoms with Gasteiger partial charge in [0.25, 0.3) is 5.91 Å². The van der Waals surface area contributed by atoms with Gasteiger partial charge in [0.05, 0.1) is 11.9 Å². The summed E-state index contributed by atoms with van der Waals surface area (Å²) in [5.74, 6) is -0.191. The third-order valence-corrected chi connectivity index (χ3v) is 3.34. The molecule has 19 heavy (non-hydrogen) atoms. The number of nitrogens with two attached hydrogens (primary N) is 1. The fourth-order valence-corrected chi connectivity index (χ4v) is 1.94. The van der Waals surface area contributed by atoms with Gasteiger partial charge in [-0.05, 0) is 48.0 Å². The molecule has 0 spiro atoms. The number of hydrogen-bond donors (Lipinski definition) is 2. The van der Waals surface area contributed by atoms with E-state index >= 15 is 0 Å². The first-order valence-corrected chi connectivity index (χ1v) is 6.67. The van der Waals surface area contributed by atoms with Crippen LogP contribution in [0.15, 0.2) is 35.1 Å². The van der Waals surface area contributed by atoms with Gasteiger partial charge in [-0.25, -0.2) is 0 Å². The molecule has 3 N–H and O–H groups in total. The number of rotatable bonds is 3. The van der Waals surface area contributed by atoms with Gasteiger partial charge >= 0.3 is 0 Å². The number of carbonyl (C=O) groups excluding carboxylic acids is 1. The molecule has 1 aromatic carbocycles. The van der Waals surface area contributed by atoms with Gasteiger partial charge in [0, 0.05) is 28.0 Å². The van der Waals surface area contributed by atoms with Crippen LogP contribution < -0.4 is 11.1 Å². The molecule has 1 heterocycles. The molecule has 0 aliphatic rings. The predicted molar refractivity (Wildman–Crippen MR) is 79.1 cm³/mol. The van der Waals surface area contributed by atoms with Crippen LogP contribution in [0.2, 0.25) is 0 Å². The summed E-state index contributed by atoms with van der Waals surface area (Å²) in [6.45, 7) is 4.05. The first-order valence-electron chi connectivity index (χ1n) is 5.88. The number of nitrogen functional groups attached to an aromatic ring is 1. The van der Waals surface area contributed by atoms with Crippen molar-refractivity contribution < 1.29 is 4.79 Å². The fraction of sp³-hybridized carbons (Fsp3) is 0.231. The molecule has 1 aromatic heterocycles. The van der Waals surface area contributed by atoms with Crippen LogP contribution in [0.5, 0.6) is 0 Å². The van der Waals surface area contributed by atoms with Gasteiger partial charge < -0.3 is 11.1 Å². The van der Waals surface area contributed by atoms with Gasteiger partial charge in [0.2, 0.25) is 0 Å². The van der Waals surface area contributed by atoms with E-state index in [0.717, 1.165) is 0 Å². The van der Waals surface area contributed by atoms with Crippen LogP contribution in [0.25, 0.3) is 0 Å². The molecule has 0 aliphatic heterocycles. The minimum atomic E-state index is -0.191. The van der Waals surface area contributed by atoms with Gasteiger partial charge in [-0.1, -0.05) is 0 Å². The summed E-state index contributed by atoms with van der Waals surface area (Å²) in [6.07, 6.45) is 3.43. The van der Waals surface area contributed by atoms with Gasteiger partial charge in [-0.2, -0.15) is 5.10 Å². The minimum Gasteiger partial charge on any atom is -0.398 e. The van der Waals surface area contributed by atoms with Crippen molar-refractivity contribution in [3.8, 4) is 0 Å². The highest BCUT2D eigenvalue weighted by molar-refractivity contribution is 9.10. The minimum absolute atomic E-state index is 0.191. The number of amides is 1. The fourth-order valence-electron chi connectivity index (χ4n) is 1.56. The van der Waals surface area contributed by atoms with Gasteiger partial charge in [0.1, 0.15) is 0 Å². The highest BCUT2D eigenvalue weighted by Gasteiger charge is 2.09. The van der Waals surface area contributed by atoms with E-state index in [1.165, 1.54) is 0 Å². The van der Waals surface area contributed by atoms with E-state index in [1.807, 2.05) is 13.8 Å². The number of halogens is 1. The van der Waals surface area contributed by atoms with E-state index in [2.05, 4.69) is 26.3 Å². The number of anilines is 2. The molecule has 0 aliphatic carbocycles. The summed E-state index contributed by atoms with van der Waals surface area (Å²) < 4.78 is 2.49. The Hall–Kier alpha value is -1.82. The summed E-state index contributed by atoms with van der Waals surface area (Å²) in [5.41, 5.74) is 7.50. The summed E-state index contributed by atoms with van der Waals surface area (Å²) in [5, 5.41) is 6.96. The van der Waals surface area contributed by atoms with Crippen molar-refractivity contribution in [2.45, 2.75) is 19.9 Å². The third-order valence-electron chi connectivity index (χ3n) is 2.65. The monoisotopic (exact) mass is 322 g/mol. The molecule has 1 amide bonds. The van der Waals surface area contributed by atoms with Crippen molar-refractivity contribution >= 4 is 33.2 Å². The van der Waals surface area contributed by atoms with E-state index in [1.54, 1.807) is 35.3 Å². The number of carbonyl (C=O) groups is 1. The number of benzene rings is 1. The Bertz CT molecular complexity index is 606. The zero-order valence-electron chi connectivity index (χ0n) is 10.7. The van der Waals surface area contributed by atoms with Gasteiger partial charge in [0.15, 0.2) is 0 Å². The lowest BCUT2D eigenvalue weighted by Crippen LogP contribution is -2.11. The Kier molecular flexibility index (Phi) is 3.90. The van der Waals surface area contributed by atoms with Crippen molar-refractivity contribution in [2.75, 3.05) is 11.1 Å². The molecule has 0 unspecified atom stereocenters. The summed E-state index contributed by atoms with van der Waals surface area (Å²) in [7, 11) is 0. The molecular formula is C13H15BrN4O. The molecule has 0 saturated heterocycles. The van der Waals surface area contributed by atoms with Crippen molar-refractivity contribution in [1.29, 1.82) is 0 Å². The van der Waals surface area contributed by atoms with Crippen LogP contribution in [0, 0.1) is 0 Å². The first kappa shape index (κ1) is 13.6. The van der Waals surface area contributed by atoms with E-state index in [4.69, 9.17) is 5.73 Å². The predicted octanol–water partition coefficient (Wildman–Crippen LogP) is 3.06. The van der Waals surface area contributed by atoms with E-state index in [0.29, 0.717) is 21.4 Å². The number of aromatic nitrogens is 2. The maximum atomic E-state index is 12.0. The Morgan fingerprint density at radius 2 is 2.21 bits per heavy atom. The average Bonchev–Trinajstić information content (AvgIpc) is 2.81. The van der Waals surface area contributed by atoms with E-state index < -0.39 is 0 Å². The van der Waals surface area contributed by atoms with Gasteiger partial charge in [-0.15, -0.1) is 0 Å². The van der Waals surface area contributed by atoms with Crippen LogP contribution in [-0.4, -0.2) is 15.7 Å². The molecule has 100 valence electrons. The maximum absolute atomic E-state index is 12.0. The molecule has 5 nitrogen and oxygen atoms in total. The summed E-state index contributed by atoms with van der Waals surface area (Å²) >= 11 is 3.30. The Morgan fingerprint density at radius 3 is 2.79 bits per heavy atom. The first-order chi connectivity index (χ1) is 8.97. The highest BCUT2D eigenvalue weighted by Crippen LogP contribution is 2.21. The quantitative estimate of drug-likeness (QED) is 0.853. The number of nitrogens with zero attached hydrogens (tertiary/aromatic N) is 2. The average molecular weight is 323 g/mol. The lowest BCUT2D eigenvalue weighted by Gasteiger charge is -2.05. The van der Waals surface area contributed by atoms with Crippen molar-refractivity contribution in [3.05, 3.63) is 40.6 Å². The molecule has 6 heteroatoms. The Morgan fingerprint density at radius 1 is 1.47 bits per heavy atom. The maximum Gasteiger partial charge on any atom is 0.255 e. The summed E-state index contributed by atoms with van der Waals surface area (Å²) in [4.78, 5) is 12.0. The molecule has 0 atom stereocenters. The standard InChI is InChI=1S/C13H15BrN4O/c1-8(2)18-7-10(6-16-18)17-13(19)9-3-4-12(15)11(14)5-9/h3-8H,15H2,1-2H3,(H,17,19). The van der Waals surface area contributed by atoms with Crippen LogP contribution in [0.4, 0.5) is 11.4 Å². The smallest absolute Gasteiger partial charge is 0.255 e. The third kappa shape index (κ3) is 3.14. The van der Waals surface area contributed by atoms with Crippen molar-refractivity contribution in [2.24, 2.45) is 0 Å². The van der Waals surface area contributed by atoms with E-state index in [9.17, 15) is 4.79 Å². The Labute approximate surface area is 119 Å². The normalized spacial score (nSPS) is 10.7. The second-order valence-corrected chi connectivity index (χ2v) is 5.35. The lowest BCUT2D eigenvalue weighted by molar-refractivity contribution is 0.102. The molecular weight excluding hydrogens is 308 g/mol. The SMILES string of the molecule is CC(C)n1cc(NC(=O)c2ccc(N)c(Br)c2)cn1. The second kappa shape index (κ2) is 5.44. The zero-order valence-corrected chi connectivity index (χ0v) is 12.3. The molecule has 0 saturated carbocycles. The molecule has 2 aromatic rings. The van der Waals surface area contributed by atoms with Crippen LogP contribution in [0.1, 0.15) is 30.2 Å².